The molecule has 2 heterocycles. The van der Waals surface area contributed by atoms with Gasteiger partial charge in [-0.15, -0.1) is 11.3 Å². The number of amides is 1. The lowest BCUT2D eigenvalue weighted by Gasteiger charge is -2.12. The van der Waals surface area contributed by atoms with E-state index in [2.05, 4.69) is 10.5 Å². The fourth-order valence-corrected chi connectivity index (χ4v) is 3.02. The van der Waals surface area contributed by atoms with Gasteiger partial charge in [0.25, 0.3) is 5.91 Å². The Hall–Kier alpha value is -1.33. The summed E-state index contributed by atoms with van der Waals surface area (Å²) in [6.07, 6.45) is 0. The average Bonchev–Trinajstić information content (AvgIpc) is 2.95. The smallest absolute Gasteiger partial charge is 0.257 e. The van der Waals surface area contributed by atoms with Crippen LogP contribution in [0.2, 0.25) is 4.34 Å². The fraction of sp³-hybridized carbons (Fsp3) is 0.429. The molecule has 6 heteroatoms. The minimum absolute atomic E-state index is 0.102. The Morgan fingerprint density at radius 1 is 1.40 bits per heavy atom. The molecule has 0 aliphatic rings. The number of hydrogen-bond donors (Lipinski definition) is 1. The molecule has 108 valence electrons. The Labute approximate surface area is 127 Å². The summed E-state index contributed by atoms with van der Waals surface area (Å²) in [5.41, 5.74) is 1.15. The maximum Gasteiger partial charge on any atom is 0.257 e. The number of rotatable bonds is 4. The summed E-state index contributed by atoms with van der Waals surface area (Å²) in [7, 11) is 0. The van der Waals surface area contributed by atoms with Crippen molar-refractivity contribution in [1.82, 2.24) is 10.5 Å². The Bertz CT molecular complexity index is 618. The number of aryl methyl sites for hydroxylation is 1. The molecule has 0 bridgehead atoms. The van der Waals surface area contributed by atoms with Gasteiger partial charge in [-0.25, -0.2) is 0 Å². The third-order valence-electron chi connectivity index (χ3n) is 3.01. The van der Waals surface area contributed by atoms with Crippen LogP contribution >= 0.6 is 22.9 Å². The van der Waals surface area contributed by atoms with E-state index in [1.54, 1.807) is 6.92 Å². The van der Waals surface area contributed by atoms with Gasteiger partial charge in [-0.3, -0.25) is 4.79 Å². The molecule has 0 saturated carbocycles. The highest BCUT2D eigenvalue weighted by Crippen LogP contribution is 2.28. The topological polar surface area (TPSA) is 55.1 Å². The number of aromatic nitrogens is 1. The van der Waals surface area contributed by atoms with Gasteiger partial charge in [-0.05, 0) is 26.0 Å². The molecule has 1 atom stereocenters. The summed E-state index contributed by atoms with van der Waals surface area (Å²) in [4.78, 5) is 13.4. The zero-order valence-electron chi connectivity index (χ0n) is 11.9. The van der Waals surface area contributed by atoms with Crippen LogP contribution in [0, 0.1) is 6.92 Å². The van der Waals surface area contributed by atoms with E-state index in [4.69, 9.17) is 16.1 Å². The molecule has 0 fully saturated rings. The fourth-order valence-electron chi connectivity index (χ4n) is 1.96. The molecule has 1 N–H and O–H groups in total. The minimum atomic E-state index is -0.163. The minimum Gasteiger partial charge on any atom is -0.360 e. The molecule has 0 aliphatic carbocycles. The molecule has 20 heavy (non-hydrogen) atoms. The largest absolute Gasteiger partial charge is 0.360 e. The van der Waals surface area contributed by atoms with Gasteiger partial charge in [0, 0.05) is 10.8 Å². The normalized spacial score (nSPS) is 12.7. The maximum absolute atomic E-state index is 12.4. The molecule has 0 radical (unpaired) electrons. The number of nitrogens with one attached hydrogen (secondary N) is 1. The number of thiophene rings is 1. The molecule has 4 nitrogen and oxygen atoms in total. The predicted octanol–water partition coefficient (Wildman–Crippen LogP) is 4.31. The maximum atomic E-state index is 12.4. The third kappa shape index (κ3) is 3.04. The summed E-state index contributed by atoms with van der Waals surface area (Å²) in [6, 6.07) is 3.64. The predicted molar refractivity (Wildman–Crippen MR) is 80.5 cm³/mol. The summed E-state index contributed by atoms with van der Waals surface area (Å²) in [6.45, 7) is 7.65. The van der Waals surface area contributed by atoms with E-state index in [1.165, 1.54) is 11.3 Å². The lowest BCUT2D eigenvalue weighted by Crippen LogP contribution is -2.27. The first-order chi connectivity index (χ1) is 9.40. The van der Waals surface area contributed by atoms with Crippen molar-refractivity contribution < 1.29 is 9.32 Å². The van der Waals surface area contributed by atoms with Crippen LogP contribution in [-0.2, 0) is 0 Å². The standard InChI is InChI=1S/C14H17ClN2O2S/c1-7(2)13-12(9(4)17-19-13)14(18)16-8(3)10-5-6-11(15)20-10/h5-8H,1-4H3,(H,16,18)/t8-/m0/s1. The van der Waals surface area contributed by atoms with Crippen molar-refractivity contribution in [3.8, 4) is 0 Å². The van der Waals surface area contributed by atoms with Crippen molar-refractivity contribution in [3.63, 3.8) is 0 Å². The second-order valence-corrected chi connectivity index (χ2v) is 6.75. The van der Waals surface area contributed by atoms with Crippen molar-refractivity contribution in [2.75, 3.05) is 0 Å². The first-order valence-electron chi connectivity index (χ1n) is 6.42. The molecular weight excluding hydrogens is 296 g/mol. The number of halogens is 1. The Balaban J connectivity index is 2.18. The Morgan fingerprint density at radius 3 is 2.65 bits per heavy atom. The second kappa shape index (κ2) is 5.97. The van der Waals surface area contributed by atoms with Gasteiger partial charge in [0.15, 0.2) is 5.76 Å². The van der Waals surface area contributed by atoms with Crippen molar-refractivity contribution in [1.29, 1.82) is 0 Å². The molecule has 0 saturated heterocycles. The number of hydrogen-bond acceptors (Lipinski definition) is 4. The van der Waals surface area contributed by atoms with Crippen LogP contribution < -0.4 is 5.32 Å². The van der Waals surface area contributed by atoms with E-state index in [1.807, 2.05) is 32.9 Å². The lowest BCUT2D eigenvalue weighted by molar-refractivity contribution is 0.0937. The lowest BCUT2D eigenvalue weighted by atomic mass is 10.0. The van der Waals surface area contributed by atoms with E-state index in [-0.39, 0.29) is 17.9 Å². The van der Waals surface area contributed by atoms with Crippen molar-refractivity contribution >= 4 is 28.8 Å². The third-order valence-corrected chi connectivity index (χ3v) is 4.42. The molecule has 2 rings (SSSR count). The first-order valence-corrected chi connectivity index (χ1v) is 7.61. The summed E-state index contributed by atoms with van der Waals surface area (Å²) in [5.74, 6) is 0.573. The molecular formula is C14H17ClN2O2S. The number of carbonyl (C=O) groups excluding carboxylic acids is 1. The second-order valence-electron chi connectivity index (χ2n) is 5.00. The highest BCUT2D eigenvalue weighted by atomic mass is 35.5. The van der Waals surface area contributed by atoms with Gasteiger partial charge in [-0.1, -0.05) is 30.6 Å². The van der Waals surface area contributed by atoms with Crippen LogP contribution in [0.15, 0.2) is 16.7 Å². The van der Waals surface area contributed by atoms with Crippen LogP contribution in [0.3, 0.4) is 0 Å². The van der Waals surface area contributed by atoms with E-state index < -0.39 is 0 Å². The van der Waals surface area contributed by atoms with Crippen LogP contribution in [-0.4, -0.2) is 11.1 Å². The quantitative estimate of drug-likeness (QED) is 0.915. The van der Waals surface area contributed by atoms with Crippen LogP contribution in [0.25, 0.3) is 0 Å². The number of nitrogens with zero attached hydrogens (tertiary/aromatic N) is 1. The zero-order valence-corrected chi connectivity index (χ0v) is 13.4. The van der Waals surface area contributed by atoms with Crippen molar-refractivity contribution in [3.05, 3.63) is 38.4 Å². The van der Waals surface area contributed by atoms with Gasteiger partial charge < -0.3 is 9.84 Å². The van der Waals surface area contributed by atoms with E-state index in [9.17, 15) is 4.79 Å². The van der Waals surface area contributed by atoms with Crippen molar-refractivity contribution in [2.24, 2.45) is 0 Å². The van der Waals surface area contributed by atoms with E-state index in [0.717, 1.165) is 4.88 Å². The number of carbonyl (C=O) groups is 1. The molecule has 0 spiro atoms. The summed E-state index contributed by atoms with van der Waals surface area (Å²) < 4.78 is 5.95. The van der Waals surface area contributed by atoms with Crippen LogP contribution in [0.5, 0.6) is 0 Å². The van der Waals surface area contributed by atoms with Crippen LogP contribution in [0.1, 0.15) is 59.4 Å². The average molecular weight is 313 g/mol. The SMILES string of the molecule is Cc1noc(C(C)C)c1C(=O)N[C@@H](C)c1ccc(Cl)s1. The van der Waals surface area contributed by atoms with E-state index >= 15 is 0 Å². The highest BCUT2D eigenvalue weighted by Gasteiger charge is 2.24. The molecule has 2 aromatic rings. The van der Waals surface area contributed by atoms with Gasteiger partial charge in [-0.2, -0.15) is 0 Å². The summed E-state index contributed by atoms with van der Waals surface area (Å²) in [5, 5.41) is 6.85. The molecule has 0 aromatic carbocycles. The van der Waals surface area contributed by atoms with Gasteiger partial charge in [0.2, 0.25) is 0 Å². The first kappa shape index (κ1) is 15.1. The zero-order chi connectivity index (χ0) is 14.9. The molecule has 1 amide bonds. The Kier molecular flexibility index (Phi) is 4.50. The van der Waals surface area contributed by atoms with Crippen LogP contribution in [0.4, 0.5) is 0 Å². The van der Waals surface area contributed by atoms with Crippen molar-refractivity contribution in [2.45, 2.75) is 39.7 Å². The van der Waals surface area contributed by atoms with E-state index in [0.29, 0.717) is 21.4 Å². The Morgan fingerprint density at radius 2 is 2.10 bits per heavy atom. The van der Waals surface area contributed by atoms with Gasteiger partial charge in [0.1, 0.15) is 5.56 Å². The van der Waals surface area contributed by atoms with Gasteiger partial charge in [0.05, 0.1) is 16.1 Å². The summed E-state index contributed by atoms with van der Waals surface area (Å²) >= 11 is 7.37. The molecule has 2 aromatic heterocycles. The van der Waals surface area contributed by atoms with Gasteiger partial charge >= 0.3 is 0 Å². The monoisotopic (exact) mass is 312 g/mol. The highest BCUT2D eigenvalue weighted by molar-refractivity contribution is 7.16. The molecule has 0 unspecified atom stereocenters. The molecule has 0 aliphatic heterocycles.